The van der Waals surface area contributed by atoms with Crippen molar-refractivity contribution >= 4 is 5.97 Å². The van der Waals surface area contributed by atoms with E-state index in [0.29, 0.717) is 17.5 Å². The van der Waals surface area contributed by atoms with Gasteiger partial charge in [-0.2, -0.15) is 10.3 Å². The smallest absolute Gasteiger partial charge is 0.360 e. The van der Waals surface area contributed by atoms with Gasteiger partial charge < -0.3 is 4.74 Å². The van der Waals surface area contributed by atoms with Crippen LogP contribution in [-0.2, 0) is 4.74 Å². The Morgan fingerprint density at radius 3 is 2.87 bits per heavy atom. The number of methoxy groups -OCH3 is 1. The highest BCUT2D eigenvalue weighted by Crippen LogP contribution is 2.37. The van der Waals surface area contributed by atoms with Crippen LogP contribution in [0, 0.1) is 5.92 Å². The van der Waals surface area contributed by atoms with Gasteiger partial charge in [0.05, 0.1) is 7.11 Å². The number of hydrogen-bond acceptors (Lipinski definition) is 4. The summed E-state index contributed by atoms with van der Waals surface area (Å²) in [6, 6.07) is 0. The molecular weight excluding hydrogens is 194 g/mol. The summed E-state index contributed by atoms with van der Waals surface area (Å²) in [5, 5.41) is 10.4. The van der Waals surface area contributed by atoms with Gasteiger partial charge in [-0.25, -0.2) is 4.79 Å². The first-order valence-corrected chi connectivity index (χ1v) is 5.21. The Bertz CT molecular complexity index is 361. The lowest BCUT2D eigenvalue weighted by molar-refractivity contribution is 0.0592. The van der Waals surface area contributed by atoms with Crippen LogP contribution in [0.25, 0.3) is 0 Å². The summed E-state index contributed by atoms with van der Waals surface area (Å²) < 4.78 is 4.66. The highest BCUT2D eigenvalue weighted by atomic mass is 16.5. The van der Waals surface area contributed by atoms with E-state index in [1.807, 2.05) is 0 Å². The van der Waals surface area contributed by atoms with Crippen molar-refractivity contribution in [2.75, 3.05) is 7.11 Å². The molecule has 1 saturated carbocycles. The van der Waals surface area contributed by atoms with Gasteiger partial charge >= 0.3 is 5.97 Å². The number of rotatable bonds is 2. The first kappa shape index (κ1) is 10.1. The molecule has 0 aromatic carbocycles. The van der Waals surface area contributed by atoms with Crippen LogP contribution in [-0.4, -0.2) is 28.5 Å². The highest BCUT2D eigenvalue weighted by molar-refractivity contribution is 5.88. The number of carbonyl (C=O) groups excluding carboxylic acids is 1. The fourth-order valence-electron chi connectivity index (χ4n) is 2.23. The Kier molecular flexibility index (Phi) is 2.70. The van der Waals surface area contributed by atoms with Crippen LogP contribution >= 0.6 is 0 Å². The molecule has 1 aromatic heterocycles. The van der Waals surface area contributed by atoms with E-state index in [1.54, 1.807) is 0 Å². The van der Waals surface area contributed by atoms with Crippen molar-refractivity contribution in [1.29, 1.82) is 0 Å². The highest BCUT2D eigenvalue weighted by Gasteiger charge is 2.29. The third-order valence-corrected chi connectivity index (χ3v) is 3.04. The molecule has 15 heavy (non-hydrogen) atoms. The minimum atomic E-state index is -0.404. The van der Waals surface area contributed by atoms with Crippen molar-refractivity contribution in [3.63, 3.8) is 0 Å². The van der Waals surface area contributed by atoms with Gasteiger partial charge in [0.15, 0.2) is 5.69 Å². The Morgan fingerprint density at radius 2 is 2.27 bits per heavy atom. The molecule has 0 spiro atoms. The van der Waals surface area contributed by atoms with E-state index < -0.39 is 5.97 Å². The topological polar surface area (TPSA) is 67.9 Å². The van der Waals surface area contributed by atoms with Gasteiger partial charge in [0.1, 0.15) is 5.69 Å². The van der Waals surface area contributed by atoms with Crippen molar-refractivity contribution in [1.82, 2.24) is 15.4 Å². The molecule has 0 saturated heterocycles. The molecule has 2 unspecified atom stereocenters. The zero-order valence-electron chi connectivity index (χ0n) is 8.99. The molecule has 1 aromatic rings. The van der Waals surface area contributed by atoms with Crippen molar-refractivity contribution in [3.05, 3.63) is 11.4 Å². The van der Waals surface area contributed by atoms with E-state index in [2.05, 4.69) is 27.1 Å². The van der Waals surface area contributed by atoms with E-state index in [4.69, 9.17) is 0 Å². The third-order valence-electron chi connectivity index (χ3n) is 3.04. The zero-order valence-corrected chi connectivity index (χ0v) is 8.99. The standard InChI is InChI=1S/C10H15N3O2/c1-6-3-4-7(5-6)8-9(10(14)15-2)12-13-11-8/h6-7H,3-5H2,1-2H3,(H,11,12,13). The largest absolute Gasteiger partial charge is 0.464 e. The Morgan fingerprint density at radius 1 is 1.47 bits per heavy atom. The van der Waals surface area contributed by atoms with Gasteiger partial charge in [0.2, 0.25) is 0 Å². The maximum Gasteiger partial charge on any atom is 0.360 e. The fraction of sp³-hybridized carbons (Fsp3) is 0.700. The van der Waals surface area contributed by atoms with Gasteiger partial charge in [-0.3, -0.25) is 0 Å². The van der Waals surface area contributed by atoms with Crippen LogP contribution in [0.3, 0.4) is 0 Å². The Labute approximate surface area is 88.2 Å². The molecule has 2 rings (SSSR count). The van der Waals surface area contributed by atoms with Crippen molar-refractivity contribution in [2.45, 2.75) is 32.1 Å². The maximum atomic E-state index is 11.4. The lowest BCUT2D eigenvalue weighted by Gasteiger charge is -2.06. The second-order valence-electron chi connectivity index (χ2n) is 4.16. The number of aromatic amines is 1. The molecule has 0 amide bonds. The molecule has 5 nitrogen and oxygen atoms in total. The molecule has 1 aliphatic carbocycles. The first-order chi connectivity index (χ1) is 7.22. The van der Waals surface area contributed by atoms with E-state index in [-0.39, 0.29) is 0 Å². The monoisotopic (exact) mass is 209 g/mol. The van der Waals surface area contributed by atoms with Gasteiger partial charge in [-0.15, -0.1) is 5.10 Å². The number of hydrogen-bond donors (Lipinski definition) is 1. The number of H-pyrrole nitrogens is 1. The third kappa shape index (κ3) is 1.86. The molecule has 82 valence electrons. The molecule has 5 heteroatoms. The number of nitrogens with one attached hydrogen (secondary N) is 1. The normalized spacial score (nSPS) is 25.5. The number of ether oxygens (including phenoxy) is 1. The van der Waals surface area contributed by atoms with Crippen molar-refractivity contribution < 1.29 is 9.53 Å². The predicted molar refractivity (Wildman–Crippen MR) is 53.5 cm³/mol. The first-order valence-electron chi connectivity index (χ1n) is 5.21. The van der Waals surface area contributed by atoms with Crippen LogP contribution in [0.15, 0.2) is 0 Å². The number of carbonyl (C=O) groups is 1. The molecule has 1 N–H and O–H groups in total. The SMILES string of the molecule is COC(=O)c1n[nH]nc1C1CCC(C)C1. The van der Waals surface area contributed by atoms with E-state index in [9.17, 15) is 4.79 Å². The van der Waals surface area contributed by atoms with Gasteiger partial charge in [-0.1, -0.05) is 13.3 Å². The number of esters is 1. The summed E-state index contributed by atoms with van der Waals surface area (Å²) in [7, 11) is 1.36. The quantitative estimate of drug-likeness (QED) is 0.749. The lowest BCUT2D eigenvalue weighted by atomic mass is 10.0. The molecule has 1 heterocycles. The number of aromatic nitrogens is 3. The lowest BCUT2D eigenvalue weighted by Crippen LogP contribution is -2.08. The second-order valence-corrected chi connectivity index (χ2v) is 4.16. The molecule has 2 atom stereocenters. The molecule has 0 bridgehead atoms. The van der Waals surface area contributed by atoms with Crippen LogP contribution in [0.5, 0.6) is 0 Å². The van der Waals surface area contributed by atoms with Gasteiger partial charge in [0.25, 0.3) is 0 Å². The fourth-order valence-corrected chi connectivity index (χ4v) is 2.23. The second kappa shape index (κ2) is 4.00. The summed E-state index contributed by atoms with van der Waals surface area (Å²) in [5.74, 6) is 0.656. The maximum absolute atomic E-state index is 11.4. The predicted octanol–water partition coefficient (Wildman–Crippen LogP) is 1.49. The molecule has 0 aliphatic heterocycles. The van der Waals surface area contributed by atoms with Gasteiger partial charge in [-0.05, 0) is 18.8 Å². The summed E-state index contributed by atoms with van der Waals surface area (Å²) in [4.78, 5) is 11.4. The minimum absolute atomic E-state index is 0.344. The number of nitrogens with zero attached hydrogens (tertiary/aromatic N) is 2. The van der Waals surface area contributed by atoms with Gasteiger partial charge in [0, 0.05) is 5.92 Å². The Balaban J connectivity index is 2.21. The van der Waals surface area contributed by atoms with Crippen LogP contribution in [0.4, 0.5) is 0 Å². The molecule has 0 radical (unpaired) electrons. The zero-order chi connectivity index (χ0) is 10.8. The van der Waals surface area contributed by atoms with Crippen molar-refractivity contribution in [2.24, 2.45) is 5.92 Å². The van der Waals surface area contributed by atoms with Crippen molar-refractivity contribution in [3.8, 4) is 0 Å². The molecule has 1 fully saturated rings. The van der Waals surface area contributed by atoms with Crippen LogP contribution in [0.1, 0.15) is 48.3 Å². The average Bonchev–Trinajstić information content (AvgIpc) is 2.84. The van der Waals surface area contributed by atoms with E-state index >= 15 is 0 Å². The molecule has 1 aliphatic rings. The summed E-state index contributed by atoms with van der Waals surface area (Å²) in [6.07, 6.45) is 3.35. The van der Waals surface area contributed by atoms with Crippen LogP contribution < -0.4 is 0 Å². The Hall–Kier alpha value is -1.39. The summed E-state index contributed by atoms with van der Waals surface area (Å²) in [6.45, 7) is 2.22. The summed E-state index contributed by atoms with van der Waals surface area (Å²) in [5.41, 5.74) is 1.11. The van der Waals surface area contributed by atoms with E-state index in [1.165, 1.54) is 13.5 Å². The van der Waals surface area contributed by atoms with E-state index in [0.717, 1.165) is 18.5 Å². The average molecular weight is 209 g/mol. The minimum Gasteiger partial charge on any atom is -0.464 e. The summed E-state index contributed by atoms with van der Waals surface area (Å²) >= 11 is 0. The van der Waals surface area contributed by atoms with Crippen LogP contribution in [0.2, 0.25) is 0 Å². The molecular formula is C10H15N3O2.